The molecule has 3 fully saturated rings. The summed E-state index contributed by atoms with van der Waals surface area (Å²) in [5.41, 5.74) is 0.997. The van der Waals surface area contributed by atoms with Gasteiger partial charge in [0.05, 0.1) is 24.4 Å². The fourth-order valence-electron chi connectivity index (χ4n) is 9.68. The number of nitrogens with zero attached hydrogens (tertiary/aromatic N) is 1. The molecule has 3 aliphatic heterocycles. The maximum absolute atomic E-state index is 14.2. The van der Waals surface area contributed by atoms with Gasteiger partial charge in [0.15, 0.2) is 5.78 Å². The van der Waals surface area contributed by atoms with Crippen molar-refractivity contribution >= 4 is 29.2 Å². The number of carbonyl (C=O) groups excluding carboxylic acids is 5. The number of aliphatic hydroxyl groups is 4. The van der Waals surface area contributed by atoms with Crippen LogP contribution in [0.1, 0.15) is 119 Å². The van der Waals surface area contributed by atoms with Gasteiger partial charge in [0, 0.05) is 51.4 Å². The van der Waals surface area contributed by atoms with E-state index in [-0.39, 0.29) is 61.2 Å². The average Bonchev–Trinajstić information content (AvgIpc) is 3.74. The first-order chi connectivity index (χ1) is 29.7. The third kappa shape index (κ3) is 13.6. The molecule has 3 heterocycles. The van der Waals surface area contributed by atoms with Gasteiger partial charge in [-0.05, 0) is 101 Å². The van der Waals surface area contributed by atoms with E-state index in [4.69, 9.17) is 18.9 Å². The lowest BCUT2D eigenvalue weighted by Gasteiger charge is -2.41. The van der Waals surface area contributed by atoms with Crippen molar-refractivity contribution in [1.82, 2.24) is 4.90 Å². The highest BCUT2D eigenvalue weighted by molar-refractivity contribution is 6.39. The highest BCUT2D eigenvalue weighted by Gasteiger charge is 2.53. The molecule has 0 aromatic rings. The standard InChI is InChI=1S/C49H75NO13/c1-28-14-11-10-12-15-29(2)39(52)26-36-19-17-34(7)49(59,63-36)46(56)47(57)50-21-13-16-37(50)48(58)62-41(31(4)24-35-18-20-38(51)42(25-35)60-8)27-40(53)30(3)23-33(6)44(55)45(61-9)43(54)32(5)22-28/h10-12,14-15,23,28,30-32,34-39,41-42,44-45,51-52,55,59H,13,16-22,24-27H2,1-9H3/b12-10+,14-11-,29-15+,33-23-/t28-,30-,31-,32-,34-,35?,36+,37+,38+,39+,41+,42+,44-,45+,49-/m1/s1. The van der Waals surface area contributed by atoms with Crippen LogP contribution >= 0.6 is 0 Å². The third-order valence-corrected chi connectivity index (χ3v) is 14.0. The second kappa shape index (κ2) is 23.7. The van der Waals surface area contributed by atoms with Crippen LogP contribution in [0.2, 0.25) is 0 Å². The number of carbonyl (C=O) groups is 5. The Bertz CT molecular complexity index is 1720. The monoisotopic (exact) mass is 886 g/mol. The smallest absolute Gasteiger partial charge is 0.329 e. The lowest BCUT2D eigenvalue weighted by atomic mass is 9.78. The number of hydrogen-bond donors (Lipinski definition) is 4. The van der Waals surface area contributed by atoms with Crippen LogP contribution in [-0.4, -0.2) is 130 Å². The molecule has 354 valence electrons. The van der Waals surface area contributed by atoms with Crippen LogP contribution in [-0.2, 0) is 42.9 Å². The van der Waals surface area contributed by atoms with E-state index in [0.717, 1.165) is 4.90 Å². The first-order valence-corrected chi connectivity index (χ1v) is 23.0. The van der Waals surface area contributed by atoms with Crippen molar-refractivity contribution < 1.29 is 63.3 Å². The van der Waals surface area contributed by atoms with Crippen LogP contribution in [0, 0.1) is 35.5 Å². The molecule has 14 nitrogen and oxygen atoms in total. The molecular formula is C49H75NO13. The molecule has 1 amide bonds. The number of hydrogen-bond acceptors (Lipinski definition) is 13. The SMILES string of the molecule is CO[C@H]1CC(C[C@@H](C)[C@@H]2CC(=O)[C@H](C)/C=C(/C)[C@@H](O)[C@@H](OC)C(=O)[C@H](C)C[C@H](C)\C=C/C=C/C=C(\C)[C@@H](O)C[C@@H]3CC[C@@H](C)[C@@](O)(O3)C(=O)C(=O)N3CCC[C@H]3C(=O)O2)CC[C@@H]1O. The maximum Gasteiger partial charge on any atom is 0.329 e. The molecule has 0 radical (unpaired) electrons. The summed E-state index contributed by atoms with van der Waals surface area (Å²) in [7, 11) is 2.92. The molecule has 14 heteroatoms. The first-order valence-electron chi connectivity index (χ1n) is 23.0. The summed E-state index contributed by atoms with van der Waals surface area (Å²) < 4.78 is 23.2. The minimum Gasteiger partial charge on any atom is -0.460 e. The van der Waals surface area contributed by atoms with Gasteiger partial charge >= 0.3 is 5.97 Å². The van der Waals surface area contributed by atoms with Gasteiger partial charge in [-0.3, -0.25) is 19.2 Å². The average molecular weight is 886 g/mol. The summed E-state index contributed by atoms with van der Waals surface area (Å²) >= 11 is 0. The lowest BCUT2D eigenvalue weighted by molar-refractivity contribution is -0.265. The first kappa shape index (κ1) is 52.3. The van der Waals surface area contributed by atoms with Gasteiger partial charge in [-0.25, -0.2) is 4.79 Å². The molecule has 0 aromatic carbocycles. The molecule has 4 rings (SSSR count). The van der Waals surface area contributed by atoms with Gasteiger partial charge in [-0.1, -0.05) is 71.1 Å². The number of ether oxygens (including phenoxy) is 4. The summed E-state index contributed by atoms with van der Waals surface area (Å²) in [4.78, 5) is 70.9. The molecule has 2 bridgehead atoms. The Balaban J connectivity index is 1.67. The molecule has 15 atom stereocenters. The molecule has 1 saturated carbocycles. The number of methoxy groups -OCH3 is 2. The van der Waals surface area contributed by atoms with Crippen molar-refractivity contribution in [1.29, 1.82) is 0 Å². The highest BCUT2D eigenvalue weighted by atomic mass is 16.6. The second-order valence-electron chi connectivity index (χ2n) is 19.0. The minimum atomic E-state index is -2.48. The van der Waals surface area contributed by atoms with Crippen molar-refractivity contribution in [3.05, 3.63) is 47.6 Å². The van der Waals surface area contributed by atoms with Crippen LogP contribution in [0.5, 0.6) is 0 Å². The van der Waals surface area contributed by atoms with Crippen LogP contribution in [0.15, 0.2) is 47.6 Å². The largest absolute Gasteiger partial charge is 0.460 e. The minimum absolute atomic E-state index is 0.00431. The number of esters is 1. The summed E-state index contributed by atoms with van der Waals surface area (Å²) in [6.07, 6.45) is 8.84. The van der Waals surface area contributed by atoms with E-state index in [1.54, 1.807) is 66.0 Å². The number of ketones is 3. The van der Waals surface area contributed by atoms with Crippen LogP contribution in [0.25, 0.3) is 0 Å². The predicted molar refractivity (Wildman–Crippen MR) is 236 cm³/mol. The quantitative estimate of drug-likeness (QED) is 0.161. The van der Waals surface area contributed by atoms with Crippen molar-refractivity contribution in [3.8, 4) is 0 Å². The van der Waals surface area contributed by atoms with E-state index in [0.29, 0.717) is 62.5 Å². The molecule has 1 aliphatic carbocycles. The number of allylic oxidation sites excluding steroid dienone is 6. The lowest BCUT2D eigenvalue weighted by Crippen LogP contribution is -2.59. The van der Waals surface area contributed by atoms with Crippen molar-refractivity contribution in [2.45, 2.75) is 174 Å². The Kier molecular flexibility index (Phi) is 19.7. The van der Waals surface area contributed by atoms with Crippen LogP contribution in [0.4, 0.5) is 0 Å². The topological polar surface area (TPSA) is 206 Å². The number of rotatable bonds is 5. The molecule has 1 unspecified atom stereocenters. The van der Waals surface area contributed by atoms with Gasteiger partial charge in [-0.2, -0.15) is 0 Å². The normalized spacial score (nSPS) is 41.1. The van der Waals surface area contributed by atoms with E-state index in [9.17, 15) is 44.4 Å². The fourth-order valence-corrected chi connectivity index (χ4v) is 9.68. The van der Waals surface area contributed by atoms with Gasteiger partial charge < -0.3 is 44.3 Å². The molecule has 0 aromatic heterocycles. The van der Waals surface area contributed by atoms with E-state index >= 15 is 0 Å². The Morgan fingerprint density at radius 3 is 2.27 bits per heavy atom. The van der Waals surface area contributed by atoms with Crippen LogP contribution in [0.3, 0.4) is 0 Å². The molecule has 63 heavy (non-hydrogen) atoms. The Morgan fingerprint density at radius 1 is 0.873 bits per heavy atom. The van der Waals surface area contributed by atoms with Crippen LogP contribution < -0.4 is 0 Å². The zero-order valence-electron chi connectivity index (χ0n) is 38.9. The van der Waals surface area contributed by atoms with Crippen molar-refractivity contribution in [2.75, 3.05) is 20.8 Å². The highest BCUT2D eigenvalue weighted by Crippen LogP contribution is 2.37. The number of fused-ring (bicyclic) bond motifs is 3. The molecule has 0 spiro atoms. The maximum atomic E-state index is 14.2. The molecular weight excluding hydrogens is 811 g/mol. The molecule has 4 aliphatic rings. The second-order valence-corrected chi connectivity index (χ2v) is 19.0. The number of cyclic esters (lactones) is 1. The van der Waals surface area contributed by atoms with Crippen molar-refractivity contribution in [3.63, 3.8) is 0 Å². The van der Waals surface area contributed by atoms with Gasteiger partial charge in [0.25, 0.3) is 11.7 Å². The summed E-state index contributed by atoms with van der Waals surface area (Å²) in [5, 5.41) is 44.6. The number of aliphatic hydroxyl groups excluding tert-OH is 3. The Hall–Kier alpha value is -3.37. The number of Topliss-reactive ketones (excluding diaryl/α,β-unsaturated/α-hetero) is 3. The Labute approximate surface area is 374 Å². The van der Waals surface area contributed by atoms with Gasteiger partial charge in [0.1, 0.15) is 30.1 Å². The van der Waals surface area contributed by atoms with Gasteiger partial charge in [-0.15, -0.1) is 0 Å². The van der Waals surface area contributed by atoms with E-state index in [1.165, 1.54) is 7.11 Å². The Morgan fingerprint density at radius 2 is 1.59 bits per heavy atom. The van der Waals surface area contributed by atoms with E-state index in [1.807, 2.05) is 26.0 Å². The zero-order valence-corrected chi connectivity index (χ0v) is 38.9. The third-order valence-electron chi connectivity index (χ3n) is 14.0. The molecule has 4 N–H and O–H groups in total. The van der Waals surface area contributed by atoms with Crippen molar-refractivity contribution in [2.24, 2.45) is 35.5 Å². The predicted octanol–water partition coefficient (Wildman–Crippen LogP) is 5.14. The number of amides is 1. The molecule has 2 saturated heterocycles. The van der Waals surface area contributed by atoms with E-state index < -0.39 is 83.9 Å². The summed E-state index contributed by atoms with van der Waals surface area (Å²) in [6.45, 7) is 12.4. The van der Waals surface area contributed by atoms with Gasteiger partial charge in [0.2, 0.25) is 5.79 Å². The summed E-state index contributed by atoms with van der Waals surface area (Å²) in [6, 6.07) is -1.15. The summed E-state index contributed by atoms with van der Waals surface area (Å²) in [5.74, 6) is -8.25. The zero-order chi connectivity index (χ0) is 46.8. The van der Waals surface area contributed by atoms with E-state index in [2.05, 4.69) is 0 Å². The fraction of sp³-hybridized carbons (Fsp3) is 0.735.